The van der Waals surface area contributed by atoms with E-state index in [1.165, 1.54) is 12.1 Å². The number of rotatable bonds is 7. The highest BCUT2D eigenvalue weighted by atomic mass is 79.9. The van der Waals surface area contributed by atoms with Gasteiger partial charge in [0, 0.05) is 15.6 Å². The molecule has 2 aromatic carbocycles. The molecular weight excluding hydrogens is 574 g/mol. The number of benzene rings is 2. The molecule has 1 heterocycles. The molecule has 1 fully saturated rings. The van der Waals surface area contributed by atoms with Gasteiger partial charge in [0.25, 0.3) is 11.8 Å². The van der Waals surface area contributed by atoms with E-state index in [1.807, 2.05) is 20.8 Å². The summed E-state index contributed by atoms with van der Waals surface area (Å²) in [7, 11) is 0. The molecule has 4 unspecified atom stereocenters. The molecule has 39 heavy (non-hydrogen) atoms. The lowest BCUT2D eigenvalue weighted by molar-refractivity contribution is -0.169. The molecule has 3 amide bonds. The number of esters is 1. The van der Waals surface area contributed by atoms with Crippen LogP contribution in [0.2, 0.25) is 0 Å². The van der Waals surface area contributed by atoms with Gasteiger partial charge in [-0.15, -0.1) is 0 Å². The Kier molecular flexibility index (Phi) is 8.25. The summed E-state index contributed by atoms with van der Waals surface area (Å²) in [6, 6.07) is 7.18. The third-order valence-electron chi connectivity index (χ3n) is 7.88. The van der Waals surface area contributed by atoms with Gasteiger partial charge >= 0.3 is 5.97 Å². The molecule has 4 rings (SSSR count). The zero-order valence-corrected chi connectivity index (χ0v) is 23.6. The third-order valence-corrected chi connectivity index (χ3v) is 8.37. The molecule has 1 saturated carbocycles. The molecule has 0 saturated heterocycles. The van der Waals surface area contributed by atoms with Crippen molar-refractivity contribution in [3.63, 3.8) is 0 Å². The molecular formula is C29H31BrF2N2O5. The summed E-state index contributed by atoms with van der Waals surface area (Å²) in [5.74, 6) is -5.10. The fourth-order valence-corrected chi connectivity index (χ4v) is 6.13. The van der Waals surface area contributed by atoms with Gasteiger partial charge < -0.3 is 10.5 Å². The molecule has 0 spiro atoms. The first-order valence-corrected chi connectivity index (χ1v) is 13.7. The van der Waals surface area contributed by atoms with Crippen LogP contribution in [0.1, 0.15) is 67.9 Å². The van der Waals surface area contributed by atoms with Crippen molar-refractivity contribution in [1.82, 2.24) is 4.90 Å². The maximum absolute atomic E-state index is 14.7. The van der Waals surface area contributed by atoms with Crippen molar-refractivity contribution in [1.29, 1.82) is 0 Å². The number of hydrogen-bond acceptors (Lipinski definition) is 5. The van der Waals surface area contributed by atoms with E-state index in [4.69, 9.17) is 10.5 Å². The highest BCUT2D eigenvalue weighted by Crippen LogP contribution is 2.43. The molecule has 1 aliphatic carbocycles. The largest absolute Gasteiger partial charge is 0.461 e. The van der Waals surface area contributed by atoms with Crippen molar-refractivity contribution >= 4 is 39.6 Å². The highest BCUT2D eigenvalue weighted by molar-refractivity contribution is 9.10. The van der Waals surface area contributed by atoms with Crippen molar-refractivity contribution < 1.29 is 32.7 Å². The van der Waals surface area contributed by atoms with Crippen LogP contribution in [0.5, 0.6) is 0 Å². The van der Waals surface area contributed by atoms with Gasteiger partial charge in [0.1, 0.15) is 17.7 Å². The molecule has 0 bridgehead atoms. The number of carbonyl (C=O) groups excluding carboxylic acids is 4. The Labute approximate surface area is 234 Å². The van der Waals surface area contributed by atoms with Gasteiger partial charge in [0.15, 0.2) is 5.41 Å². The number of ether oxygens (including phenoxy) is 1. The lowest BCUT2D eigenvalue weighted by Crippen LogP contribution is -2.60. The van der Waals surface area contributed by atoms with Crippen molar-refractivity contribution in [2.24, 2.45) is 23.5 Å². The second kappa shape index (κ2) is 11.2. The topological polar surface area (TPSA) is 107 Å². The van der Waals surface area contributed by atoms with Gasteiger partial charge in [-0.1, -0.05) is 49.2 Å². The van der Waals surface area contributed by atoms with Crippen molar-refractivity contribution in [2.75, 3.05) is 0 Å². The minimum Gasteiger partial charge on any atom is -0.461 e. The summed E-state index contributed by atoms with van der Waals surface area (Å²) in [6.07, 6.45) is 0.926. The number of halogens is 3. The second-order valence-electron chi connectivity index (χ2n) is 10.9. The van der Waals surface area contributed by atoms with Crippen molar-refractivity contribution in [3.8, 4) is 0 Å². The van der Waals surface area contributed by atoms with Crippen LogP contribution in [-0.4, -0.2) is 34.7 Å². The first-order valence-electron chi connectivity index (χ1n) is 12.9. The van der Waals surface area contributed by atoms with Crippen LogP contribution in [-0.2, 0) is 31.1 Å². The monoisotopic (exact) mass is 604 g/mol. The van der Waals surface area contributed by atoms with Gasteiger partial charge in [0.2, 0.25) is 5.91 Å². The number of nitrogens with two attached hydrogens (primary N) is 1. The number of fused-ring (bicyclic) bond motifs is 1. The maximum Gasteiger partial charge on any atom is 0.327 e. The van der Waals surface area contributed by atoms with E-state index in [0.717, 1.165) is 31.0 Å². The van der Waals surface area contributed by atoms with E-state index in [-0.39, 0.29) is 34.4 Å². The van der Waals surface area contributed by atoms with Gasteiger partial charge in [-0.05, 0) is 66.5 Å². The average Bonchev–Trinajstić information content (AvgIpc) is 2.85. The fraction of sp³-hybridized carbons (Fsp3) is 0.448. The van der Waals surface area contributed by atoms with Gasteiger partial charge in [-0.25, -0.2) is 8.78 Å². The predicted octanol–water partition coefficient (Wildman–Crippen LogP) is 5.03. The lowest BCUT2D eigenvalue weighted by Gasteiger charge is -2.42. The molecule has 2 aromatic rings. The minimum absolute atomic E-state index is 0.00720. The Balaban J connectivity index is 1.85. The number of hydrogen-bond donors (Lipinski definition) is 1. The first-order chi connectivity index (χ1) is 18.3. The van der Waals surface area contributed by atoms with Crippen LogP contribution in [0.25, 0.3) is 0 Å². The number of carbonyl (C=O) groups is 4. The summed E-state index contributed by atoms with van der Waals surface area (Å²) < 4.78 is 35.8. The number of imide groups is 1. The molecule has 2 N–H and O–H groups in total. The van der Waals surface area contributed by atoms with E-state index in [0.29, 0.717) is 15.8 Å². The summed E-state index contributed by atoms with van der Waals surface area (Å²) in [5, 5.41) is 0. The van der Waals surface area contributed by atoms with Crippen molar-refractivity contribution in [3.05, 3.63) is 69.2 Å². The summed E-state index contributed by atoms with van der Waals surface area (Å²) in [4.78, 5) is 54.8. The van der Waals surface area contributed by atoms with E-state index in [9.17, 15) is 28.0 Å². The Morgan fingerprint density at radius 3 is 2.51 bits per heavy atom. The summed E-state index contributed by atoms with van der Waals surface area (Å²) in [6.45, 7) is 5.56. The number of primary amides is 1. The highest BCUT2D eigenvalue weighted by Gasteiger charge is 2.59. The van der Waals surface area contributed by atoms with E-state index in [1.54, 1.807) is 6.07 Å². The minimum atomic E-state index is -2.41. The SMILES string of the molecule is CC1CCC(C(C)C)C(OC(=O)C2(CC(N)=O)C(=O)N(Cc3ccc(Br)cc3F)C(=O)c3ccc(F)cc32)C1. The van der Waals surface area contributed by atoms with Crippen LogP contribution in [0, 0.1) is 29.4 Å². The molecule has 0 aromatic heterocycles. The molecule has 2 aliphatic rings. The van der Waals surface area contributed by atoms with Gasteiger partial charge in [-0.3, -0.25) is 24.1 Å². The Bertz CT molecular complexity index is 1330. The predicted molar refractivity (Wildman–Crippen MR) is 142 cm³/mol. The van der Waals surface area contributed by atoms with E-state index in [2.05, 4.69) is 15.9 Å². The molecule has 4 atom stereocenters. The molecule has 1 aliphatic heterocycles. The smallest absolute Gasteiger partial charge is 0.327 e. The molecule has 7 nitrogen and oxygen atoms in total. The molecule has 10 heteroatoms. The number of amides is 3. The Hall–Kier alpha value is -3.14. The van der Waals surface area contributed by atoms with Gasteiger partial charge in [0.05, 0.1) is 13.0 Å². The van der Waals surface area contributed by atoms with Crippen LogP contribution < -0.4 is 5.73 Å². The lowest BCUT2D eigenvalue weighted by atomic mass is 9.70. The Morgan fingerprint density at radius 1 is 1.15 bits per heavy atom. The van der Waals surface area contributed by atoms with Crippen LogP contribution in [0.15, 0.2) is 40.9 Å². The Morgan fingerprint density at radius 2 is 1.87 bits per heavy atom. The van der Waals surface area contributed by atoms with E-state index < -0.39 is 59.8 Å². The zero-order chi connectivity index (χ0) is 28.6. The van der Waals surface area contributed by atoms with Crippen LogP contribution >= 0.6 is 15.9 Å². The summed E-state index contributed by atoms with van der Waals surface area (Å²) >= 11 is 3.17. The zero-order valence-electron chi connectivity index (χ0n) is 22.0. The standard InChI is InChI=1S/C29H31BrF2N2O5/c1-15(2)20-8-4-16(3)10-24(20)39-28(38)29(13-25(33)35)22-12-19(31)7-9-21(22)26(36)34(27(29)37)14-17-5-6-18(30)11-23(17)32/h5-7,9,11-12,15-16,20,24H,4,8,10,13-14H2,1-3H3,(H2,33,35). The van der Waals surface area contributed by atoms with Crippen molar-refractivity contribution in [2.45, 2.75) is 64.5 Å². The first kappa shape index (κ1) is 28.9. The van der Waals surface area contributed by atoms with Crippen LogP contribution in [0.4, 0.5) is 8.78 Å². The maximum atomic E-state index is 14.7. The quantitative estimate of drug-likeness (QED) is 0.271. The third kappa shape index (κ3) is 5.48. The van der Waals surface area contributed by atoms with Gasteiger partial charge in [-0.2, -0.15) is 0 Å². The summed E-state index contributed by atoms with van der Waals surface area (Å²) in [5.41, 5.74) is 2.70. The fourth-order valence-electron chi connectivity index (χ4n) is 5.79. The normalized spacial score (nSPS) is 25.0. The average molecular weight is 605 g/mol. The van der Waals surface area contributed by atoms with Crippen LogP contribution in [0.3, 0.4) is 0 Å². The molecule has 0 radical (unpaired) electrons. The second-order valence-corrected chi connectivity index (χ2v) is 11.9. The number of nitrogens with zero attached hydrogens (tertiary/aromatic N) is 1. The van der Waals surface area contributed by atoms with E-state index >= 15 is 0 Å². The molecule has 208 valence electrons.